The molecule has 23 heavy (non-hydrogen) atoms. The molecule has 1 aromatic rings. The predicted molar refractivity (Wildman–Crippen MR) is 93.4 cm³/mol. The van der Waals surface area contributed by atoms with Crippen LogP contribution in [0.4, 0.5) is 10.6 Å². The number of halogens is 1. The van der Waals surface area contributed by atoms with E-state index in [4.69, 9.17) is 16.3 Å². The monoisotopic (exact) mass is 358 g/mol. The highest BCUT2D eigenvalue weighted by Gasteiger charge is 2.25. The van der Waals surface area contributed by atoms with Gasteiger partial charge in [-0.15, -0.1) is 0 Å². The van der Waals surface area contributed by atoms with E-state index >= 15 is 0 Å². The number of nitrogens with one attached hydrogen (secondary N) is 1. The first kappa shape index (κ1) is 18.1. The van der Waals surface area contributed by atoms with Gasteiger partial charge in [0.15, 0.2) is 5.16 Å². The molecule has 1 aliphatic heterocycles. The third-order valence-electron chi connectivity index (χ3n) is 3.31. The van der Waals surface area contributed by atoms with Gasteiger partial charge in [-0.05, 0) is 39.9 Å². The molecule has 0 unspecified atom stereocenters. The second-order valence-electron chi connectivity index (χ2n) is 6.47. The highest BCUT2D eigenvalue weighted by atomic mass is 35.5. The summed E-state index contributed by atoms with van der Waals surface area (Å²) in [5.74, 6) is 0.796. The molecule has 1 N–H and O–H groups in total. The molecule has 0 aromatic carbocycles. The summed E-state index contributed by atoms with van der Waals surface area (Å²) in [7, 11) is 0. The van der Waals surface area contributed by atoms with Crippen molar-refractivity contribution in [3.63, 3.8) is 0 Å². The summed E-state index contributed by atoms with van der Waals surface area (Å²) in [4.78, 5) is 22.7. The van der Waals surface area contributed by atoms with E-state index in [0.29, 0.717) is 16.9 Å². The Hall–Kier alpha value is -1.21. The number of thioether (sulfide) groups is 1. The normalized spacial score (nSPS) is 18.7. The number of hydrogen-bond donors (Lipinski definition) is 1. The van der Waals surface area contributed by atoms with Crippen LogP contribution in [0, 0.1) is 0 Å². The smallest absolute Gasteiger partial charge is 0.407 e. The van der Waals surface area contributed by atoms with E-state index < -0.39 is 5.60 Å². The van der Waals surface area contributed by atoms with Crippen molar-refractivity contribution >= 4 is 35.3 Å². The second kappa shape index (κ2) is 7.57. The third-order valence-corrected chi connectivity index (χ3v) is 4.05. The average molecular weight is 359 g/mol. The number of alkyl carbamates (subject to hydrolysis) is 1. The van der Waals surface area contributed by atoms with E-state index in [1.54, 1.807) is 6.07 Å². The molecule has 6 nitrogen and oxygen atoms in total. The number of amides is 1. The number of piperidine rings is 1. The minimum Gasteiger partial charge on any atom is -0.444 e. The number of anilines is 1. The van der Waals surface area contributed by atoms with Crippen molar-refractivity contribution in [1.82, 2.24) is 15.3 Å². The number of nitrogens with zero attached hydrogens (tertiary/aromatic N) is 3. The first-order chi connectivity index (χ1) is 10.8. The molecule has 0 aliphatic carbocycles. The van der Waals surface area contributed by atoms with Crippen molar-refractivity contribution in [2.45, 2.75) is 50.4 Å². The molecule has 1 aliphatic rings. The van der Waals surface area contributed by atoms with Crippen LogP contribution in [0.25, 0.3) is 0 Å². The Morgan fingerprint density at radius 2 is 2.22 bits per heavy atom. The Bertz CT molecular complexity index is 565. The maximum atomic E-state index is 11.9. The van der Waals surface area contributed by atoms with Crippen LogP contribution < -0.4 is 10.2 Å². The standard InChI is InChI=1S/C15H23ClN4O2S/c1-15(2,3)22-14(21)17-10-6-5-7-20(9-10)12-8-11(16)18-13(19-12)23-4/h8,10H,5-7,9H2,1-4H3,(H,17,21)/t10-/m0/s1. The maximum Gasteiger partial charge on any atom is 0.407 e. The molecule has 1 saturated heterocycles. The van der Waals surface area contributed by atoms with Crippen molar-refractivity contribution in [2.24, 2.45) is 0 Å². The van der Waals surface area contributed by atoms with Gasteiger partial charge in [-0.2, -0.15) is 0 Å². The minimum absolute atomic E-state index is 0.0325. The van der Waals surface area contributed by atoms with Crippen molar-refractivity contribution in [1.29, 1.82) is 0 Å². The largest absolute Gasteiger partial charge is 0.444 e. The molecule has 128 valence electrons. The average Bonchev–Trinajstić information content (AvgIpc) is 2.44. The van der Waals surface area contributed by atoms with Gasteiger partial charge in [-0.1, -0.05) is 23.4 Å². The molecule has 1 amide bonds. The Labute approximate surface area is 146 Å². The molecular formula is C15H23ClN4O2S. The number of ether oxygens (including phenoxy) is 1. The third kappa shape index (κ3) is 5.73. The Morgan fingerprint density at radius 1 is 1.48 bits per heavy atom. The Balaban J connectivity index is 2.01. The van der Waals surface area contributed by atoms with Gasteiger partial charge in [0.25, 0.3) is 0 Å². The van der Waals surface area contributed by atoms with Gasteiger partial charge >= 0.3 is 6.09 Å². The molecule has 1 aromatic heterocycles. The first-order valence-corrected chi connectivity index (χ1v) is 9.20. The second-order valence-corrected chi connectivity index (χ2v) is 7.63. The summed E-state index contributed by atoms with van der Waals surface area (Å²) in [6.07, 6.45) is 3.42. The zero-order valence-corrected chi connectivity index (χ0v) is 15.5. The van der Waals surface area contributed by atoms with Crippen LogP contribution in [0.2, 0.25) is 5.15 Å². The molecular weight excluding hydrogens is 336 g/mol. The van der Waals surface area contributed by atoms with Crippen LogP contribution in [-0.4, -0.2) is 47.0 Å². The zero-order chi connectivity index (χ0) is 17.0. The fraction of sp³-hybridized carbons (Fsp3) is 0.667. The molecule has 1 atom stereocenters. The molecule has 0 radical (unpaired) electrons. The van der Waals surface area contributed by atoms with Gasteiger partial charge in [0, 0.05) is 25.2 Å². The Morgan fingerprint density at radius 3 is 2.87 bits per heavy atom. The summed E-state index contributed by atoms with van der Waals surface area (Å²) >= 11 is 7.52. The van der Waals surface area contributed by atoms with Crippen molar-refractivity contribution in [2.75, 3.05) is 24.2 Å². The van der Waals surface area contributed by atoms with Gasteiger partial charge < -0.3 is 15.0 Å². The summed E-state index contributed by atoms with van der Waals surface area (Å²) < 4.78 is 5.32. The molecule has 8 heteroatoms. The van der Waals surface area contributed by atoms with Gasteiger partial charge in [0.2, 0.25) is 0 Å². The maximum absolute atomic E-state index is 11.9. The highest BCUT2D eigenvalue weighted by molar-refractivity contribution is 7.98. The molecule has 0 spiro atoms. The van der Waals surface area contributed by atoms with E-state index in [0.717, 1.165) is 25.2 Å². The van der Waals surface area contributed by atoms with Crippen LogP contribution in [0.5, 0.6) is 0 Å². The van der Waals surface area contributed by atoms with Crippen LogP contribution in [0.15, 0.2) is 11.2 Å². The lowest BCUT2D eigenvalue weighted by molar-refractivity contribution is 0.0500. The van der Waals surface area contributed by atoms with E-state index in [1.165, 1.54) is 11.8 Å². The van der Waals surface area contributed by atoms with E-state index in [2.05, 4.69) is 20.2 Å². The van der Waals surface area contributed by atoms with Gasteiger partial charge in [-0.25, -0.2) is 14.8 Å². The van der Waals surface area contributed by atoms with Gasteiger partial charge in [0.1, 0.15) is 16.6 Å². The lowest BCUT2D eigenvalue weighted by Crippen LogP contribution is -2.49. The predicted octanol–water partition coefficient (Wildman–Crippen LogP) is 3.35. The van der Waals surface area contributed by atoms with Crippen LogP contribution >= 0.6 is 23.4 Å². The van der Waals surface area contributed by atoms with E-state index in [1.807, 2.05) is 27.0 Å². The summed E-state index contributed by atoms with van der Waals surface area (Å²) in [5.41, 5.74) is -0.494. The van der Waals surface area contributed by atoms with Gasteiger partial charge in [-0.3, -0.25) is 0 Å². The number of hydrogen-bond acceptors (Lipinski definition) is 6. The summed E-state index contributed by atoms with van der Waals surface area (Å²) in [5, 5.41) is 4.01. The van der Waals surface area contributed by atoms with Crippen molar-refractivity contribution < 1.29 is 9.53 Å². The van der Waals surface area contributed by atoms with Crippen molar-refractivity contribution in [3.05, 3.63) is 11.2 Å². The highest BCUT2D eigenvalue weighted by Crippen LogP contribution is 2.23. The minimum atomic E-state index is -0.494. The van der Waals surface area contributed by atoms with E-state index in [-0.39, 0.29) is 12.1 Å². The fourth-order valence-electron chi connectivity index (χ4n) is 2.42. The number of carbonyl (C=O) groups is 1. The summed E-state index contributed by atoms with van der Waals surface area (Å²) in [6, 6.07) is 1.79. The number of carbonyl (C=O) groups excluding carboxylic acids is 1. The van der Waals surface area contributed by atoms with Crippen LogP contribution in [0.1, 0.15) is 33.6 Å². The van der Waals surface area contributed by atoms with Crippen molar-refractivity contribution in [3.8, 4) is 0 Å². The van der Waals surface area contributed by atoms with E-state index in [9.17, 15) is 4.79 Å². The Kier molecular flexibility index (Phi) is 5.97. The number of aromatic nitrogens is 2. The lowest BCUT2D eigenvalue weighted by atomic mass is 10.1. The van der Waals surface area contributed by atoms with Crippen LogP contribution in [0.3, 0.4) is 0 Å². The summed E-state index contributed by atoms with van der Waals surface area (Å²) in [6.45, 7) is 7.12. The first-order valence-electron chi connectivity index (χ1n) is 7.60. The number of rotatable bonds is 3. The SMILES string of the molecule is CSc1nc(Cl)cc(N2CCC[C@H](NC(=O)OC(C)(C)C)C2)n1. The quantitative estimate of drug-likeness (QED) is 0.507. The molecule has 0 bridgehead atoms. The zero-order valence-electron chi connectivity index (χ0n) is 13.9. The molecule has 1 fully saturated rings. The van der Waals surface area contributed by atoms with Gasteiger partial charge in [0.05, 0.1) is 0 Å². The van der Waals surface area contributed by atoms with Crippen LogP contribution in [-0.2, 0) is 4.74 Å². The molecule has 2 heterocycles. The fourth-order valence-corrected chi connectivity index (χ4v) is 3.02. The lowest BCUT2D eigenvalue weighted by Gasteiger charge is -2.34. The molecule has 0 saturated carbocycles. The molecule has 2 rings (SSSR count). The topological polar surface area (TPSA) is 67.4 Å².